The molecule has 0 bridgehead atoms. The van der Waals surface area contributed by atoms with Crippen LogP contribution < -0.4 is 0 Å². The number of halogens is 5. The highest BCUT2D eigenvalue weighted by molar-refractivity contribution is 6.30. The first-order chi connectivity index (χ1) is 9.30. The Hall–Kier alpha value is -1.59. The van der Waals surface area contributed by atoms with E-state index in [-0.39, 0.29) is 16.1 Å². The van der Waals surface area contributed by atoms with Gasteiger partial charge in [-0.1, -0.05) is 35.9 Å². The van der Waals surface area contributed by atoms with Gasteiger partial charge in [-0.2, -0.15) is 13.2 Å². The first-order valence-corrected chi connectivity index (χ1v) is 5.97. The molecule has 0 amide bonds. The van der Waals surface area contributed by atoms with Crippen LogP contribution in [0.4, 0.5) is 17.6 Å². The zero-order valence-corrected chi connectivity index (χ0v) is 10.7. The van der Waals surface area contributed by atoms with Gasteiger partial charge in [-0.15, -0.1) is 0 Å². The minimum absolute atomic E-state index is 0.0859. The summed E-state index contributed by atoms with van der Waals surface area (Å²) in [6.07, 6.45) is -5.83. The fourth-order valence-corrected chi connectivity index (χ4v) is 1.95. The molecule has 0 radical (unpaired) electrons. The highest BCUT2D eigenvalue weighted by Gasteiger charge is 2.30. The van der Waals surface area contributed by atoms with Crippen molar-refractivity contribution in [2.24, 2.45) is 0 Å². The maximum atomic E-state index is 13.7. The lowest BCUT2D eigenvalue weighted by Crippen LogP contribution is -2.07. The van der Waals surface area contributed by atoms with Gasteiger partial charge in [0.1, 0.15) is 11.9 Å². The molecule has 6 heteroatoms. The average Bonchev–Trinajstić information content (AvgIpc) is 2.40. The van der Waals surface area contributed by atoms with E-state index in [0.29, 0.717) is 0 Å². The third-order valence-electron chi connectivity index (χ3n) is 2.83. The van der Waals surface area contributed by atoms with Crippen LogP contribution in [0.25, 0.3) is 0 Å². The largest absolute Gasteiger partial charge is 0.416 e. The van der Waals surface area contributed by atoms with Crippen LogP contribution >= 0.6 is 11.6 Å². The topological polar surface area (TPSA) is 20.2 Å². The predicted octanol–water partition coefficient (Wildman–Crippen LogP) is 4.58. The second-order valence-corrected chi connectivity index (χ2v) is 4.57. The van der Waals surface area contributed by atoms with Crippen LogP contribution in [0.15, 0.2) is 42.5 Å². The molecule has 2 aromatic rings. The molecule has 0 saturated heterocycles. The number of benzene rings is 2. The number of hydrogen-bond acceptors (Lipinski definition) is 1. The summed E-state index contributed by atoms with van der Waals surface area (Å²) in [6.45, 7) is 0. The quantitative estimate of drug-likeness (QED) is 0.805. The summed E-state index contributed by atoms with van der Waals surface area (Å²) in [5.74, 6) is -0.790. The van der Waals surface area contributed by atoms with Crippen molar-refractivity contribution in [3.05, 3.63) is 70.0 Å². The standard InChI is InChI=1S/C14H9ClF4O/c15-11-3-1-2-10(12(11)16)13(20)8-4-6-9(7-5-8)14(17,18)19/h1-7,13,20H. The lowest BCUT2D eigenvalue weighted by atomic mass is 10.00. The van der Waals surface area contributed by atoms with E-state index in [0.717, 1.165) is 24.3 Å². The van der Waals surface area contributed by atoms with Crippen molar-refractivity contribution in [3.8, 4) is 0 Å². The van der Waals surface area contributed by atoms with E-state index in [9.17, 15) is 22.7 Å². The summed E-state index contributed by atoms with van der Waals surface area (Å²) in [5, 5.41) is 9.85. The number of hydrogen-bond donors (Lipinski definition) is 1. The monoisotopic (exact) mass is 304 g/mol. The third kappa shape index (κ3) is 2.94. The summed E-state index contributed by atoms with van der Waals surface area (Å²) in [4.78, 5) is 0. The molecule has 0 fully saturated rings. The Morgan fingerprint density at radius 1 is 1.00 bits per heavy atom. The predicted molar refractivity (Wildman–Crippen MR) is 66.9 cm³/mol. The molecule has 0 saturated carbocycles. The van der Waals surface area contributed by atoms with Gasteiger partial charge >= 0.3 is 6.18 Å². The van der Waals surface area contributed by atoms with Gasteiger partial charge in [0.05, 0.1) is 10.6 Å². The minimum Gasteiger partial charge on any atom is -0.384 e. The molecule has 106 valence electrons. The minimum atomic E-state index is -4.45. The smallest absolute Gasteiger partial charge is 0.384 e. The zero-order chi connectivity index (χ0) is 14.9. The zero-order valence-electron chi connectivity index (χ0n) is 9.96. The molecule has 1 atom stereocenters. The van der Waals surface area contributed by atoms with Crippen LogP contribution in [-0.4, -0.2) is 5.11 Å². The number of rotatable bonds is 2. The van der Waals surface area contributed by atoms with E-state index in [1.54, 1.807) is 0 Å². The van der Waals surface area contributed by atoms with E-state index >= 15 is 0 Å². The summed E-state index contributed by atoms with van der Waals surface area (Å²) < 4.78 is 51.0. The molecular weight excluding hydrogens is 296 g/mol. The number of aliphatic hydroxyl groups is 1. The molecule has 0 aliphatic carbocycles. The van der Waals surface area contributed by atoms with Gasteiger partial charge in [-0.3, -0.25) is 0 Å². The number of alkyl halides is 3. The Morgan fingerprint density at radius 3 is 2.15 bits per heavy atom. The third-order valence-corrected chi connectivity index (χ3v) is 3.12. The van der Waals surface area contributed by atoms with Crippen LogP contribution in [0.2, 0.25) is 5.02 Å². The van der Waals surface area contributed by atoms with E-state index < -0.39 is 23.7 Å². The molecule has 1 nitrogen and oxygen atoms in total. The van der Waals surface area contributed by atoms with Gasteiger partial charge in [-0.05, 0) is 23.8 Å². The normalized spacial score (nSPS) is 13.3. The summed E-state index contributed by atoms with van der Waals surface area (Å²) >= 11 is 5.60. The second kappa shape index (κ2) is 5.42. The van der Waals surface area contributed by atoms with Crippen LogP contribution in [0, 0.1) is 5.82 Å². The lowest BCUT2D eigenvalue weighted by Gasteiger charge is -2.14. The Balaban J connectivity index is 2.34. The van der Waals surface area contributed by atoms with Gasteiger partial charge < -0.3 is 5.11 Å². The molecule has 0 aliphatic rings. The van der Waals surface area contributed by atoms with Crippen LogP contribution in [0.5, 0.6) is 0 Å². The van der Waals surface area contributed by atoms with Crippen LogP contribution in [0.1, 0.15) is 22.8 Å². The Kier molecular flexibility index (Phi) is 4.01. The maximum absolute atomic E-state index is 13.7. The van der Waals surface area contributed by atoms with Crippen molar-refractivity contribution in [1.82, 2.24) is 0 Å². The Labute approximate surface area is 117 Å². The fraction of sp³-hybridized carbons (Fsp3) is 0.143. The van der Waals surface area contributed by atoms with Gasteiger partial charge in [0.15, 0.2) is 0 Å². The molecule has 0 spiro atoms. The van der Waals surface area contributed by atoms with Gasteiger partial charge in [0.2, 0.25) is 0 Å². The fourth-order valence-electron chi connectivity index (χ4n) is 1.77. The molecule has 0 aromatic heterocycles. The van der Waals surface area contributed by atoms with Gasteiger partial charge in [0.25, 0.3) is 0 Å². The molecule has 0 aliphatic heterocycles. The molecule has 1 unspecified atom stereocenters. The van der Waals surface area contributed by atoms with Crippen molar-refractivity contribution < 1.29 is 22.7 Å². The van der Waals surface area contributed by atoms with E-state index in [1.165, 1.54) is 18.2 Å². The van der Waals surface area contributed by atoms with Gasteiger partial charge in [0, 0.05) is 5.56 Å². The lowest BCUT2D eigenvalue weighted by molar-refractivity contribution is -0.137. The molecule has 2 rings (SSSR count). The van der Waals surface area contributed by atoms with Crippen molar-refractivity contribution in [3.63, 3.8) is 0 Å². The Bertz CT molecular complexity index is 608. The highest BCUT2D eigenvalue weighted by Crippen LogP contribution is 2.32. The first-order valence-electron chi connectivity index (χ1n) is 5.60. The Morgan fingerprint density at radius 2 is 1.60 bits per heavy atom. The summed E-state index contributed by atoms with van der Waals surface area (Å²) in [6, 6.07) is 7.97. The molecule has 1 N–H and O–H groups in total. The van der Waals surface area contributed by atoms with Gasteiger partial charge in [-0.25, -0.2) is 4.39 Å². The first kappa shape index (κ1) is 14.8. The van der Waals surface area contributed by atoms with Crippen molar-refractivity contribution in [2.45, 2.75) is 12.3 Å². The summed E-state index contributed by atoms with van der Waals surface area (Å²) in [5.41, 5.74) is -0.767. The van der Waals surface area contributed by atoms with Crippen molar-refractivity contribution in [2.75, 3.05) is 0 Å². The summed E-state index contributed by atoms with van der Waals surface area (Å²) in [7, 11) is 0. The molecule has 2 aromatic carbocycles. The van der Waals surface area contributed by atoms with E-state index in [4.69, 9.17) is 11.6 Å². The average molecular weight is 305 g/mol. The van der Waals surface area contributed by atoms with Crippen LogP contribution in [-0.2, 0) is 6.18 Å². The van der Waals surface area contributed by atoms with E-state index in [1.807, 2.05) is 0 Å². The van der Waals surface area contributed by atoms with E-state index in [2.05, 4.69) is 0 Å². The SMILES string of the molecule is OC(c1ccc(C(F)(F)F)cc1)c1cccc(Cl)c1F. The maximum Gasteiger partial charge on any atom is 0.416 e. The van der Waals surface area contributed by atoms with Crippen molar-refractivity contribution in [1.29, 1.82) is 0 Å². The highest BCUT2D eigenvalue weighted by atomic mass is 35.5. The molecular formula is C14H9ClF4O. The molecule has 0 heterocycles. The molecule has 20 heavy (non-hydrogen) atoms. The van der Waals surface area contributed by atoms with Crippen molar-refractivity contribution >= 4 is 11.6 Å². The second-order valence-electron chi connectivity index (χ2n) is 4.17. The number of aliphatic hydroxyl groups excluding tert-OH is 1. The van der Waals surface area contributed by atoms with Crippen LogP contribution in [0.3, 0.4) is 0 Å².